The summed E-state index contributed by atoms with van der Waals surface area (Å²) in [6, 6.07) is 21.5. The van der Waals surface area contributed by atoms with Crippen LogP contribution in [0.3, 0.4) is 0 Å². The second-order valence-corrected chi connectivity index (χ2v) is 10.1. The largest absolute Gasteiger partial charge is 0.496 e. The van der Waals surface area contributed by atoms with E-state index >= 15 is 0 Å². The Kier molecular flexibility index (Phi) is 10.6. The molecule has 1 aliphatic rings. The number of amides is 2. The van der Waals surface area contributed by atoms with Gasteiger partial charge in [0, 0.05) is 75.1 Å². The van der Waals surface area contributed by atoms with Crippen LogP contribution in [0, 0.1) is 17.0 Å². The van der Waals surface area contributed by atoms with Crippen LogP contribution in [0.4, 0.5) is 5.69 Å². The highest BCUT2D eigenvalue weighted by atomic mass is 16.6. The fraction of sp³-hybridized carbons (Fsp3) is 0.273. The van der Waals surface area contributed by atoms with Crippen molar-refractivity contribution in [1.29, 1.82) is 0 Å². The van der Waals surface area contributed by atoms with E-state index in [2.05, 4.69) is 4.90 Å². The van der Waals surface area contributed by atoms with Gasteiger partial charge in [0.05, 0.1) is 12.0 Å². The van der Waals surface area contributed by atoms with Gasteiger partial charge in [0.1, 0.15) is 5.75 Å². The molecule has 0 bridgehead atoms. The highest BCUT2D eigenvalue weighted by Gasteiger charge is 2.21. The molecule has 42 heavy (non-hydrogen) atoms. The zero-order valence-electron chi connectivity index (χ0n) is 24.0. The summed E-state index contributed by atoms with van der Waals surface area (Å²) in [6.45, 7) is 6.29. The number of ether oxygens (including phenoxy) is 1. The number of carbonyl (C=O) groups excluding carboxylic acids is 2. The van der Waals surface area contributed by atoms with Crippen LogP contribution in [-0.4, -0.2) is 84.4 Å². The summed E-state index contributed by atoms with van der Waals surface area (Å²) < 4.78 is 5.44. The minimum Gasteiger partial charge on any atom is -0.496 e. The number of benzene rings is 3. The van der Waals surface area contributed by atoms with E-state index in [1.165, 1.54) is 18.2 Å². The quantitative estimate of drug-likeness (QED) is 0.185. The van der Waals surface area contributed by atoms with Crippen molar-refractivity contribution < 1.29 is 19.2 Å². The molecule has 0 N–H and O–H groups in total. The lowest BCUT2D eigenvalue weighted by atomic mass is 10.1. The molecule has 0 aliphatic carbocycles. The van der Waals surface area contributed by atoms with E-state index in [0.29, 0.717) is 51.4 Å². The number of nitro benzene ring substituents is 1. The van der Waals surface area contributed by atoms with Crippen molar-refractivity contribution in [3.63, 3.8) is 0 Å². The van der Waals surface area contributed by atoms with Gasteiger partial charge >= 0.3 is 0 Å². The Bertz CT molecular complexity index is 1430. The van der Waals surface area contributed by atoms with Crippen LogP contribution in [0.25, 0.3) is 12.2 Å². The van der Waals surface area contributed by atoms with E-state index in [-0.39, 0.29) is 17.5 Å². The first-order chi connectivity index (χ1) is 20.3. The molecule has 1 aliphatic heterocycles. The molecule has 0 saturated carbocycles. The van der Waals surface area contributed by atoms with Crippen LogP contribution >= 0.6 is 0 Å². The average Bonchev–Trinajstić information content (AvgIpc) is 3.02. The fourth-order valence-corrected chi connectivity index (χ4v) is 4.70. The molecular weight excluding hydrogens is 532 g/mol. The van der Waals surface area contributed by atoms with Crippen molar-refractivity contribution in [3.8, 4) is 5.75 Å². The summed E-state index contributed by atoms with van der Waals surface area (Å²) in [5, 5.41) is 10.8. The maximum Gasteiger partial charge on any atom is 0.269 e. The molecule has 3 aromatic rings. The van der Waals surface area contributed by atoms with Gasteiger partial charge in [-0.3, -0.25) is 24.6 Å². The highest BCUT2D eigenvalue weighted by Crippen LogP contribution is 2.19. The van der Waals surface area contributed by atoms with Crippen LogP contribution in [-0.2, 0) is 4.79 Å². The predicted molar refractivity (Wildman–Crippen MR) is 164 cm³/mol. The normalized spacial score (nSPS) is 13.9. The number of piperazine rings is 1. The van der Waals surface area contributed by atoms with Crippen molar-refractivity contribution in [2.24, 2.45) is 0 Å². The Morgan fingerprint density at radius 1 is 0.952 bits per heavy atom. The van der Waals surface area contributed by atoms with Gasteiger partial charge in [0.25, 0.3) is 11.6 Å². The third-order valence-electron chi connectivity index (χ3n) is 7.24. The zero-order chi connectivity index (χ0) is 29.9. The van der Waals surface area contributed by atoms with E-state index in [1.807, 2.05) is 72.5 Å². The van der Waals surface area contributed by atoms with Crippen LogP contribution in [0.15, 0.2) is 84.9 Å². The lowest BCUT2D eigenvalue weighted by Gasteiger charge is -2.35. The van der Waals surface area contributed by atoms with Crippen molar-refractivity contribution in [3.05, 3.63) is 117 Å². The van der Waals surface area contributed by atoms with E-state index in [4.69, 9.17) is 4.74 Å². The molecule has 4 rings (SSSR count). The summed E-state index contributed by atoms with van der Waals surface area (Å²) in [5.41, 5.74) is 3.45. The molecule has 1 heterocycles. The molecule has 9 nitrogen and oxygen atoms in total. The summed E-state index contributed by atoms with van der Waals surface area (Å²) in [7, 11) is 1.64. The number of nitro groups is 1. The van der Waals surface area contributed by atoms with Crippen LogP contribution in [0.1, 0.15) is 27.0 Å². The molecule has 0 atom stereocenters. The first kappa shape index (κ1) is 30.2. The molecule has 218 valence electrons. The van der Waals surface area contributed by atoms with Crippen molar-refractivity contribution >= 4 is 29.7 Å². The lowest BCUT2D eigenvalue weighted by Crippen LogP contribution is -2.50. The summed E-state index contributed by atoms with van der Waals surface area (Å²) >= 11 is 0. The summed E-state index contributed by atoms with van der Waals surface area (Å²) in [6.07, 6.45) is 7.14. The molecule has 0 radical (unpaired) electrons. The van der Waals surface area contributed by atoms with Gasteiger partial charge in [-0.25, -0.2) is 0 Å². The smallest absolute Gasteiger partial charge is 0.269 e. The van der Waals surface area contributed by atoms with Gasteiger partial charge in [0.15, 0.2) is 0 Å². The van der Waals surface area contributed by atoms with Crippen LogP contribution in [0.2, 0.25) is 0 Å². The molecule has 3 aromatic carbocycles. The zero-order valence-corrected chi connectivity index (χ0v) is 24.0. The maximum atomic E-state index is 13.4. The molecule has 1 saturated heterocycles. The van der Waals surface area contributed by atoms with Gasteiger partial charge < -0.3 is 14.5 Å². The SMILES string of the molecule is COc1ccccc1C=CCN(CCN1CCN(C(=O)C=Cc2ccc([N+](=O)[O-])cc2)CC1)C(=O)c1ccc(C)cc1. The van der Waals surface area contributed by atoms with Gasteiger partial charge in [-0.1, -0.05) is 48.0 Å². The molecule has 0 spiro atoms. The number of para-hydroxylation sites is 1. The van der Waals surface area contributed by atoms with Gasteiger partial charge in [0.2, 0.25) is 5.91 Å². The molecular formula is C33H36N4O5. The highest BCUT2D eigenvalue weighted by molar-refractivity contribution is 5.94. The predicted octanol–water partition coefficient (Wildman–Crippen LogP) is 4.93. The molecule has 1 fully saturated rings. The monoisotopic (exact) mass is 568 g/mol. The van der Waals surface area contributed by atoms with Crippen molar-refractivity contribution in [1.82, 2.24) is 14.7 Å². The topological polar surface area (TPSA) is 96.2 Å². The maximum absolute atomic E-state index is 13.4. The number of methoxy groups -OCH3 is 1. The van der Waals surface area contributed by atoms with Crippen molar-refractivity contribution in [2.45, 2.75) is 6.92 Å². The summed E-state index contributed by atoms with van der Waals surface area (Å²) in [4.78, 5) is 42.4. The van der Waals surface area contributed by atoms with E-state index in [1.54, 1.807) is 30.2 Å². The van der Waals surface area contributed by atoms with Gasteiger partial charge in [-0.05, 0) is 48.9 Å². The minimum absolute atomic E-state index is 0.0150. The fourth-order valence-electron chi connectivity index (χ4n) is 4.70. The van der Waals surface area contributed by atoms with Crippen LogP contribution < -0.4 is 4.74 Å². The number of hydrogen-bond acceptors (Lipinski definition) is 6. The molecule has 0 aromatic heterocycles. The van der Waals surface area contributed by atoms with Gasteiger partial charge in [-0.15, -0.1) is 0 Å². The molecule has 9 heteroatoms. The van der Waals surface area contributed by atoms with Crippen molar-refractivity contribution in [2.75, 3.05) is 52.9 Å². The Labute approximate surface area is 246 Å². The Morgan fingerprint density at radius 2 is 1.64 bits per heavy atom. The van der Waals surface area contributed by atoms with E-state index < -0.39 is 4.92 Å². The number of hydrogen-bond donors (Lipinski definition) is 0. The number of nitrogens with zero attached hydrogens (tertiary/aromatic N) is 4. The number of carbonyl (C=O) groups is 2. The third-order valence-corrected chi connectivity index (χ3v) is 7.24. The minimum atomic E-state index is -0.450. The summed E-state index contributed by atoms with van der Waals surface area (Å²) in [5.74, 6) is 0.663. The third kappa shape index (κ3) is 8.37. The number of rotatable bonds is 11. The molecule has 0 unspecified atom stereocenters. The van der Waals surface area contributed by atoms with E-state index in [9.17, 15) is 19.7 Å². The van der Waals surface area contributed by atoms with E-state index in [0.717, 1.165) is 22.4 Å². The van der Waals surface area contributed by atoms with Crippen LogP contribution in [0.5, 0.6) is 5.75 Å². The standard InChI is InChI=1S/C33H36N4O5/c1-26-9-14-29(15-10-26)33(39)36(19-5-7-28-6-3-4-8-31(28)42-2)25-22-34-20-23-35(24-21-34)32(38)18-13-27-11-16-30(17-12-27)37(40)41/h3-18H,19-25H2,1-2H3. The molecule has 2 amide bonds. The second-order valence-electron chi connectivity index (χ2n) is 10.1. The Hall–Kier alpha value is -4.76. The number of aryl methyl sites for hydroxylation is 1. The Morgan fingerprint density at radius 3 is 2.31 bits per heavy atom. The van der Waals surface area contributed by atoms with Gasteiger partial charge in [-0.2, -0.15) is 0 Å². The first-order valence-electron chi connectivity index (χ1n) is 13.9. The average molecular weight is 569 g/mol. The number of non-ortho nitro benzene ring substituents is 1. The first-order valence-corrected chi connectivity index (χ1v) is 13.9. The Balaban J connectivity index is 1.32. The lowest BCUT2D eigenvalue weighted by molar-refractivity contribution is -0.384. The second kappa shape index (κ2) is 14.7.